The fourth-order valence-corrected chi connectivity index (χ4v) is 1.93. The first-order valence-electron chi connectivity index (χ1n) is 5.17. The molecule has 0 saturated carbocycles. The average molecular weight is 250 g/mol. The number of β-amino-alcohol motifs (C(OH)–C–C–N with tert-alkyl or cyclic N) is 1. The number of hydrogen-bond acceptors (Lipinski definition) is 4. The van der Waals surface area contributed by atoms with Gasteiger partial charge in [-0.3, -0.25) is 9.58 Å². The normalized spacial score (nSPS) is 26.6. The minimum Gasteiger partial charge on any atom is -0.379 e. The average Bonchev–Trinajstić information content (AvgIpc) is 2.74. The molecule has 0 spiro atoms. The van der Waals surface area contributed by atoms with Gasteiger partial charge in [0.15, 0.2) is 5.60 Å². The maximum atomic E-state index is 12.6. The summed E-state index contributed by atoms with van der Waals surface area (Å²) in [5.74, 6) is 0. The Bertz CT molecular complexity index is 405. The molecule has 17 heavy (non-hydrogen) atoms. The molecule has 2 heterocycles. The van der Waals surface area contributed by atoms with Crippen molar-refractivity contribution >= 4 is 0 Å². The van der Waals surface area contributed by atoms with Gasteiger partial charge in [0.05, 0.1) is 5.69 Å². The molecule has 1 fully saturated rings. The van der Waals surface area contributed by atoms with E-state index in [2.05, 4.69) is 10.3 Å². The van der Waals surface area contributed by atoms with E-state index in [-0.39, 0.29) is 19.5 Å². The van der Waals surface area contributed by atoms with Crippen LogP contribution in [-0.4, -0.2) is 49.9 Å². The van der Waals surface area contributed by atoms with Crippen molar-refractivity contribution in [2.45, 2.75) is 24.7 Å². The summed E-state index contributed by atoms with van der Waals surface area (Å²) in [7, 11) is 1.69. The van der Waals surface area contributed by atoms with Crippen LogP contribution in [0.3, 0.4) is 0 Å². The monoisotopic (exact) mass is 250 g/mol. The zero-order valence-electron chi connectivity index (χ0n) is 9.28. The SMILES string of the molecule is Cn1cc(CN2CCC(O)(C(F)(F)F)C2)nn1. The van der Waals surface area contributed by atoms with Gasteiger partial charge in [-0.2, -0.15) is 13.2 Å². The lowest BCUT2D eigenvalue weighted by Gasteiger charge is -2.25. The molecule has 1 aliphatic rings. The Hall–Kier alpha value is -1.15. The third-order valence-corrected chi connectivity index (χ3v) is 2.89. The number of aliphatic hydroxyl groups is 1. The van der Waals surface area contributed by atoms with E-state index in [0.29, 0.717) is 5.69 Å². The van der Waals surface area contributed by atoms with Crippen LogP contribution in [0, 0.1) is 0 Å². The van der Waals surface area contributed by atoms with Crippen molar-refractivity contribution < 1.29 is 18.3 Å². The number of rotatable bonds is 2. The molecule has 1 aromatic rings. The van der Waals surface area contributed by atoms with Crippen LogP contribution in [0.2, 0.25) is 0 Å². The molecular weight excluding hydrogens is 237 g/mol. The van der Waals surface area contributed by atoms with Crippen LogP contribution in [0.1, 0.15) is 12.1 Å². The van der Waals surface area contributed by atoms with Crippen molar-refractivity contribution in [2.24, 2.45) is 7.05 Å². The second-order valence-electron chi connectivity index (χ2n) is 4.37. The summed E-state index contributed by atoms with van der Waals surface area (Å²) in [4.78, 5) is 1.53. The van der Waals surface area contributed by atoms with Gasteiger partial charge in [0.2, 0.25) is 0 Å². The lowest BCUT2D eigenvalue weighted by Crippen LogP contribution is -2.47. The number of nitrogens with zero attached hydrogens (tertiary/aromatic N) is 4. The van der Waals surface area contributed by atoms with E-state index in [0.717, 1.165) is 0 Å². The minimum atomic E-state index is -4.58. The summed E-state index contributed by atoms with van der Waals surface area (Å²) in [5.41, 5.74) is -1.99. The molecule has 0 bridgehead atoms. The highest BCUT2D eigenvalue weighted by Gasteiger charge is 2.56. The molecule has 1 N–H and O–H groups in total. The van der Waals surface area contributed by atoms with Crippen LogP contribution in [0.5, 0.6) is 0 Å². The maximum absolute atomic E-state index is 12.6. The van der Waals surface area contributed by atoms with Gasteiger partial charge in [0, 0.05) is 32.9 Å². The molecular formula is C9H13F3N4O. The number of hydrogen-bond donors (Lipinski definition) is 1. The maximum Gasteiger partial charge on any atom is 0.418 e. The smallest absolute Gasteiger partial charge is 0.379 e. The number of aromatic nitrogens is 3. The molecule has 0 aromatic carbocycles. The van der Waals surface area contributed by atoms with Crippen molar-refractivity contribution in [3.05, 3.63) is 11.9 Å². The first kappa shape index (κ1) is 12.3. The van der Waals surface area contributed by atoms with Crippen LogP contribution < -0.4 is 0 Å². The molecule has 96 valence electrons. The minimum absolute atomic E-state index is 0.201. The van der Waals surface area contributed by atoms with E-state index in [9.17, 15) is 18.3 Å². The summed E-state index contributed by atoms with van der Waals surface area (Å²) < 4.78 is 39.1. The topological polar surface area (TPSA) is 54.2 Å². The van der Waals surface area contributed by atoms with Crippen LogP contribution in [0.4, 0.5) is 13.2 Å². The fraction of sp³-hybridized carbons (Fsp3) is 0.778. The van der Waals surface area contributed by atoms with Gasteiger partial charge in [0.1, 0.15) is 0 Å². The number of alkyl halides is 3. The molecule has 0 amide bonds. The molecule has 8 heteroatoms. The fourth-order valence-electron chi connectivity index (χ4n) is 1.93. The Morgan fingerprint density at radius 1 is 1.53 bits per heavy atom. The van der Waals surface area contributed by atoms with E-state index in [1.54, 1.807) is 13.2 Å². The van der Waals surface area contributed by atoms with Crippen LogP contribution in [0.15, 0.2) is 6.20 Å². The van der Waals surface area contributed by atoms with Crippen LogP contribution in [-0.2, 0) is 13.6 Å². The Morgan fingerprint density at radius 2 is 2.24 bits per heavy atom. The Kier molecular flexibility index (Phi) is 2.86. The van der Waals surface area contributed by atoms with E-state index in [1.165, 1.54) is 9.58 Å². The van der Waals surface area contributed by atoms with E-state index in [1.807, 2.05) is 0 Å². The summed E-state index contributed by atoms with van der Waals surface area (Å²) in [5, 5.41) is 17.0. The summed E-state index contributed by atoms with van der Waals surface area (Å²) in [6.45, 7) is 0.0614. The summed E-state index contributed by atoms with van der Waals surface area (Å²) in [6, 6.07) is 0. The van der Waals surface area contributed by atoms with Crippen molar-refractivity contribution in [1.82, 2.24) is 19.9 Å². The van der Waals surface area contributed by atoms with E-state index < -0.39 is 18.3 Å². The second kappa shape index (κ2) is 3.95. The van der Waals surface area contributed by atoms with Crippen molar-refractivity contribution in [2.75, 3.05) is 13.1 Å². The van der Waals surface area contributed by atoms with Gasteiger partial charge >= 0.3 is 6.18 Å². The molecule has 0 aliphatic carbocycles. The number of likely N-dealkylation sites (tertiary alicyclic amines) is 1. The molecule has 2 rings (SSSR count). The zero-order valence-corrected chi connectivity index (χ0v) is 9.28. The summed E-state index contributed by atoms with van der Waals surface area (Å²) in [6.07, 6.45) is -3.23. The van der Waals surface area contributed by atoms with Gasteiger partial charge in [-0.15, -0.1) is 5.10 Å². The third-order valence-electron chi connectivity index (χ3n) is 2.89. The molecule has 1 unspecified atom stereocenters. The Labute approximate surface area is 95.8 Å². The molecule has 5 nitrogen and oxygen atoms in total. The van der Waals surface area contributed by atoms with Crippen molar-refractivity contribution in [1.29, 1.82) is 0 Å². The van der Waals surface area contributed by atoms with Crippen molar-refractivity contribution in [3.8, 4) is 0 Å². The zero-order chi connectivity index (χ0) is 12.7. The lowest BCUT2D eigenvalue weighted by molar-refractivity contribution is -0.254. The Balaban J connectivity index is 1.99. The standard InChI is InChI=1S/C9H13F3N4O/c1-15-4-7(13-14-15)5-16-3-2-8(17,6-16)9(10,11)12/h4,17H,2-3,5-6H2,1H3. The van der Waals surface area contributed by atoms with Gasteiger partial charge in [-0.05, 0) is 6.42 Å². The van der Waals surface area contributed by atoms with Gasteiger partial charge < -0.3 is 5.11 Å². The molecule has 0 radical (unpaired) electrons. The Morgan fingerprint density at radius 3 is 2.71 bits per heavy atom. The number of aryl methyl sites for hydroxylation is 1. The second-order valence-corrected chi connectivity index (χ2v) is 4.37. The molecule has 1 aliphatic heterocycles. The number of halogens is 3. The first-order valence-corrected chi connectivity index (χ1v) is 5.17. The molecule has 1 atom stereocenters. The summed E-state index contributed by atoms with van der Waals surface area (Å²) >= 11 is 0. The van der Waals surface area contributed by atoms with Crippen LogP contribution in [0.25, 0.3) is 0 Å². The highest BCUT2D eigenvalue weighted by Crippen LogP contribution is 2.37. The molecule has 1 aromatic heterocycles. The molecule has 1 saturated heterocycles. The quantitative estimate of drug-likeness (QED) is 0.821. The first-order chi connectivity index (χ1) is 7.80. The predicted octanol–water partition coefficient (Wildman–Crippen LogP) is 0.314. The lowest BCUT2D eigenvalue weighted by atomic mass is 10.0. The largest absolute Gasteiger partial charge is 0.418 e. The van der Waals surface area contributed by atoms with Crippen LogP contribution >= 0.6 is 0 Å². The highest BCUT2D eigenvalue weighted by atomic mass is 19.4. The van der Waals surface area contributed by atoms with Gasteiger partial charge in [-0.25, -0.2) is 0 Å². The van der Waals surface area contributed by atoms with Gasteiger partial charge in [0.25, 0.3) is 0 Å². The third kappa shape index (κ3) is 2.42. The van der Waals surface area contributed by atoms with E-state index >= 15 is 0 Å². The van der Waals surface area contributed by atoms with Gasteiger partial charge in [-0.1, -0.05) is 5.21 Å². The van der Waals surface area contributed by atoms with E-state index in [4.69, 9.17) is 0 Å². The highest BCUT2D eigenvalue weighted by molar-refractivity contribution is 4.99. The van der Waals surface area contributed by atoms with Crippen molar-refractivity contribution in [3.63, 3.8) is 0 Å². The predicted molar refractivity (Wildman–Crippen MR) is 51.9 cm³/mol.